The summed E-state index contributed by atoms with van der Waals surface area (Å²) >= 11 is 0. The van der Waals surface area contributed by atoms with Crippen LogP contribution in [-0.4, -0.2) is 44.7 Å². The largest absolute Gasteiger partial charge is 0.375 e. The van der Waals surface area contributed by atoms with Crippen molar-refractivity contribution in [2.45, 2.75) is 6.61 Å². The molecule has 0 bridgehead atoms. The summed E-state index contributed by atoms with van der Waals surface area (Å²) in [6.45, 7) is 6.08. The lowest BCUT2D eigenvalue weighted by Crippen LogP contribution is -2.47. The third kappa shape index (κ3) is 4.46. The lowest BCUT2D eigenvalue weighted by atomic mass is 10.0. The zero-order valence-electron chi connectivity index (χ0n) is 10.6. The van der Waals surface area contributed by atoms with Crippen LogP contribution in [0.2, 0.25) is 0 Å². The molecule has 1 N–H and O–H groups in total. The van der Waals surface area contributed by atoms with Gasteiger partial charge >= 0.3 is 0 Å². The van der Waals surface area contributed by atoms with Gasteiger partial charge in [0.1, 0.15) is 0 Å². The van der Waals surface area contributed by atoms with E-state index in [0.717, 1.165) is 25.7 Å². The van der Waals surface area contributed by atoms with E-state index in [-0.39, 0.29) is 0 Å². The molecule has 1 aliphatic rings. The Morgan fingerprint density at radius 3 is 2.71 bits per heavy atom. The van der Waals surface area contributed by atoms with Gasteiger partial charge in [0, 0.05) is 26.2 Å². The quantitative estimate of drug-likeness (QED) is 0.721. The Morgan fingerprint density at radius 2 is 2.06 bits per heavy atom. The molecule has 1 aliphatic heterocycles. The first kappa shape index (κ1) is 12.6. The van der Waals surface area contributed by atoms with Crippen LogP contribution in [0.1, 0.15) is 5.56 Å². The number of hydrogen-bond donors (Lipinski definition) is 1. The minimum atomic E-state index is 0.722. The molecule has 0 unspecified atom stereocenters. The van der Waals surface area contributed by atoms with E-state index in [1.165, 1.54) is 25.2 Å². The van der Waals surface area contributed by atoms with Gasteiger partial charge in [-0.3, -0.25) is 0 Å². The Bertz CT molecular complexity index is 311. The van der Waals surface area contributed by atoms with Crippen LogP contribution in [-0.2, 0) is 11.3 Å². The van der Waals surface area contributed by atoms with Crippen molar-refractivity contribution in [2.75, 3.05) is 39.8 Å². The number of likely N-dealkylation sites (N-methyl/N-ethyl adjacent to an activating group) is 1. The second kappa shape index (κ2) is 6.74. The number of hydrogen-bond acceptors (Lipinski definition) is 3. The Morgan fingerprint density at radius 1 is 1.29 bits per heavy atom. The van der Waals surface area contributed by atoms with Crippen molar-refractivity contribution in [3.8, 4) is 0 Å². The maximum atomic E-state index is 5.67. The third-order valence-corrected chi connectivity index (χ3v) is 3.16. The summed E-state index contributed by atoms with van der Waals surface area (Å²) in [6.07, 6.45) is 0. The lowest BCUT2D eigenvalue weighted by Gasteiger charge is -2.31. The van der Waals surface area contributed by atoms with E-state index in [4.69, 9.17) is 4.74 Å². The van der Waals surface area contributed by atoms with Gasteiger partial charge in [-0.15, -0.1) is 0 Å². The Labute approximate surface area is 104 Å². The molecule has 1 heterocycles. The highest BCUT2D eigenvalue weighted by Gasteiger charge is 2.17. The van der Waals surface area contributed by atoms with Crippen LogP contribution >= 0.6 is 0 Å². The molecule has 2 rings (SSSR count). The smallest absolute Gasteiger partial charge is 0.0717 e. The molecule has 0 radical (unpaired) electrons. The summed E-state index contributed by atoms with van der Waals surface area (Å²) in [7, 11) is 2.17. The standard InChI is InChI=1S/C14H22N2O/c1-16(11-14-9-15-10-14)7-8-17-12-13-5-3-2-4-6-13/h2-6,14-15H,7-12H2,1H3. The molecule has 3 heteroatoms. The van der Waals surface area contributed by atoms with Gasteiger partial charge in [0.25, 0.3) is 0 Å². The summed E-state index contributed by atoms with van der Waals surface area (Å²) in [6, 6.07) is 10.3. The fourth-order valence-electron chi connectivity index (χ4n) is 1.99. The first-order chi connectivity index (χ1) is 8.34. The first-order valence-electron chi connectivity index (χ1n) is 6.35. The van der Waals surface area contributed by atoms with Crippen molar-refractivity contribution in [1.29, 1.82) is 0 Å². The molecule has 0 saturated carbocycles. The van der Waals surface area contributed by atoms with E-state index in [1.54, 1.807) is 0 Å². The zero-order chi connectivity index (χ0) is 11.9. The Balaban J connectivity index is 1.53. The second-order valence-electron chi connectivity index (χ2n) is 4.82. The van der Waals surface area contributed by atoms with Gasteiger partial charge in [0.05, 0.1) is 13.2 Å². The summed E-state index contributed by atoms with van der Waals surface area (Å²) in [5.74, 6) is 0.842. The molecular formula is C14H22N2O. The lowest BCUT2D eigenvalue weighted by molar-refractivity contribution is 0.0921. The van der Waals surface area contributed by atoms with E-state index in [0.29, 0.717) is 0 Å². The van der Waals surface area contributed by atoms with Gasteiger partial charge in [-0.05, 0) is 18.5 Å². The molecule has 0 amide bonds. The Kier molecular flexibility index (Phi) is 4.98. The minimum absolute atomic E-state index is 0.722. The van der Waals surface area contributed by atoms with Crippen LogP contribution in [0.15, 0.2) is 30.3 Å². The predicted molar refractivity (Wildman–Crippen MR) is 70.0 cm³/mol. The van der Waals surface area contributed by atoms with Crippen molar-refractivity contribution < 1.29 is 4.74 Å². The normalized spacial score (nSPS) is 16.1. The van der Waals surface area contributed by atoms with E-state index in [2.05, 4.69) is 41.5 Å². The molecule has 17 heavy (non-hydrogen) atoms. The van der Waals surface area contributed by atoms with Gasteiger partial charge in [-0.1, -0.05) is 30.3 Å². The topological polar surface area (TPSA) is 24.5 Å². The predicted octanol–water partition coefficient (Wildman–Crippen LogP) is 1.35. The first-order valence-corrected chi connectivity index (χ1v) is 6.35. The summed E-state index contributed by atoms with van der Waals surface area (Å²) in [5.41, 5.74) is 1.25. The van der Waals surface area contributed by atoms with Gasteiger partial charge in [0.2, 0.25) is 0 Å². The summed E-state index contributed by atoms with van der Waals surface area (Å²) in [4.78, 5) is 2.36. The third-order valence-electron chi connectivity index (χ3n) is 3.16. The molecule has 0 aromatic heterocycles. The molecule has 0 spiro atoms. The molecule has 1 fully saturated rings. The molecule has 94 valence electrons. The molecular weight excluding hydrogens is 212 g/mol. The van der Waals surface area contributed by atoms with Crippen molar-refractivity contribution in [2.24, 2.45) is 5.92 Å². The number of rotatable bonds is 7. The molecule has 1 aromatic carbocycles. The van der Waals surface area contributed by atoms with Crippen LogP contribution in [0.5, 0.6) is 0 Å². The van der Waals surface area contributed by atoms with Crippen molar-refractivity contribution in [3.05, 3.63) is 35.9 Å². The number of benzene rings is 1. The van der Waals surface area contributed by atoms with Crippen LogP contribution in [0.4, 0.5) is 0 Å². The molecule has 0 aliphatic carbocycles. The highest BCUT2D eigenvalue weighted by molar-refractivity contribution is 5.13. The number of nitrogens with one attached hydrogen (secondary N) is 1. The van der Waals surface area contributed by atoms with Crippen molar-refractivity contribution in [1.82, 2.24) is 10.2 Å². The van der Waals surface area contributed by atoms with Gasteiger partial charge in [0.15, 0.2) is 0 Å². The fourth-order valence-corrected chi connectivity index (χ4v) is 1.99. The molecule has 1 saturated heterocycles. The molecule has 0 atom stereocenters. The van der Waals surface area contributed by atoms with E-state index < -0.39 is 0 Å². The summed E-state index contributed by atoms with van der Waals surface area (Å²) in [5, 5.41) is 3.30. The van der Waals surface area contributed by atoms with E-state index in [9.17, 15) is 0 Å². The maximum Gasteiger partial charge on any atom is 0.0717 e. The number of nitrogens with zero attached hydrogens (tertiary/aromatic N) is 1. The highest BCUT2D eigenvalue weighted by atomic mass is 16.5. The zero-order valence-corrected chi connectivity index (χ0v) is 10.6. The van der Waals surface area contributed by atoms with Gasteiger partial charge in [-0.25, -0.2) is 0 Å². The van der Waals surface area contributed by atoms with E-state index >= 15 is 0 Å². The monoisotopic (exact) mass is 234 g/mol. The van der Waals surface area contributed by atoms with Crippen molar-refractivity contribution in [3.63, 3.8) is 0 Å². The maximum absolute atomic E-state index is 5.67. The van der Waals surface area contributed by atoms with Crippen LogP contribution in [0, 0.1) is 5.92 Å². The second-order valence-corrected chi connectivity index (χ2v) is 4.82. The van der Waals surface area contributed by atoms with Crippen LogP contribution in [0.3, 0.4) is 0 Å². The number of ether oxygens (including phenoxy) is 1. The van der Waals surface area contributed by atoms with Gasteiger partial charge in [-0.2, -0.15) is 0 Å². The average molecular weight is 234 g/mol. The molecule has 1 aromatic rings. The van der Waals surface area contributed by atoms with Crippen molar-refractivity contribution >= 4 is 0 Å². The van der Waals surface area contributed by atoms with Crippen LogP contribution in [0.25, 0.3) is 0 Å². The minimum Gasteiger partial charge on any atom is -0.375 e. The van der Waals surface area contributed by atoms with E-state index in [1.807, 2.05) is 6.07 Å². The highest BCUT2D eigenvalue weighted by Crippen LogP contribution is 2.04. The Hall–Kier alpha value is -0.900. The molecule has 3 nitrogen and oxygen atoms in total. The average Bonchev–Trinajstić information content (AvgIpc) is 2.31. The SMILES string of the molecule is CN(CCOCc1ccccc1)CC1CNC1. The van der Waals surface area contributed by atoms with Crippen LogP contribution < -0.4 is 5.32 Å². The summed E-state index contributed by atoms with van der Waals surface area (Å²) < 4.78 is 5.67. The fraction of sp³-hybridized carbons (Fsp3) is 0.571. The van der Waals surface area contributed by atoms with Gasteiger partial charge < -0.3 is 15.0 Å².